The van der Waals surface area contributed by atoms with Crippen LogP contribution in [0.2, 0.25) is 0 Å². The number of nitrogens with zero attached hydrogens (tertiary/aromatic N) is 1. The zero-order chi connectivity index (χ0) is 14.5. The SMILES string of the molecule is CNCCC1CCN(C(=O)c2ccc(I)c(F)c2)CC1. The molecule has 20 heavy (non-hydrogen) atoms. The van der Waals surface area contributed by atoms with Gasteiger partial charge in [-0.2, -0.15) is 0 Å². The Morgan fingerprint density at radius 3 is 2.75 bits per heavy atom. The van der Waals surface area contributed by atoms with Gasteiger partial charge < -0.3 is 10.2 Å². The number of nitrogens with one attached hydrogen (secondary N) is 1. The van der Waals surface area contributed by atoms with Crippen LogP contribution in [-0.2, 0) is 0 Å². The molecule has 1 aromatic carbocycles. The van der Waals surface area contributed by atoms with Gasteiger partial charge in [-0.15, -0.1) is 0 Å². The van der Waals surface area contributed by atoms with Crippen LogP contribution in [0, 0.1) is 15.3 Å². The fourth-order valence-corrected chi connectivity index (χ4v) is 2.92. The molecule has 0 aliphatic carbocycles. The quantitative estimate of drug-likeness (QED) is 0.803. The van der Waals surface area contributed by atoms with E-state index < -0.39 is 0 Å². The van der Waals surface area contributed by atoms with E-state index in [1.54, 1.807) is 12.1 Å². The summed E-state index contributed by atoms with van der Waals surface area (Å²) < 4.78 is 14.1. The molecule has 1 aliphatic rings. The molecule has 1 amide bonds. The molecule has 1 heterocycles. The minimum Gasteiger partial charge on any atom is -0.339 e. The smallest absolute Gasteiger partial charge is 0.253 e. The highest BCUT2D eigenvalue weighted by Crippen LogP contribution is 2.22. The maximum absolute atomic E-state index is 13.5. The van der Waals surface area contributed by atoms with Gasteiger partial charge in [-0.05, 0) is 79.6 Å². The lowest BCUT2D eigenvalue weighted by molar-refractivity contribution is 0.0686. The molecule has 0 saturated carbocycles. The molecule has 0 spiro atoms. The lowest BCUT2D eigenvalue weighted by Crippen LogP contribution is -2.39. The van der Waals surface area contributed by atoms with Crippen LogP contribution in [0.4, 0.5) is 4.39 Å². The van der Waals surface area contributed by atoms with Crippen LogP contribution in [0.5, 0.6) is 0 Å². The van der Waals surface area contributed by atoms with Crippen LogP contribution in [0.25, 0.3) is 0 Å². The second-order valence-electron chi connectivity index (χ2n) is 5.26. The minimum absolute atomic E-state index is 0.0487. The molecule has 3 nitrogen and oxygen atoms in total. The number of amides is 1. The molecule has 0 atom stereocenters. The van der Waals surface area contributed by atoms with E-state index in [1.165, 1.54) is 6.07 Å². The van der Waals surface area contributed by atoms with Gasteiger partial charge in [0, 0.05) is 22.2 Å². The summed E-state index contributed by atoms with van der Waals surface area (Å²) in [6.45, 7) is 2.59. The number of likely N-dealkylation sites (tertiary alicyclic amines) is 1. The first-order valence-electron chi connectivity index (χ1n) is 7.00. The third-order valence-electron chi connectivity index (χ3n) is 3.87. The lowest BCUT2D eigenvalue weighted by Gasteiger charge is -2.32. The van der Waals surface area contributed by atoms with Crippen LogP contribution in [-0.4, -0.2) is 37.5 Å². The Balaban J connectivity index is 1.92. The van der Waals surface area contributed by atoms with E-state index in [9.17, 15) is 9.18 Å². The van der Waals surface area contributed by atoms with Gasteiger partial charge in [-0.1, -0.05) is 0 Å². The Bertz CT molecular complexity index is 473. The maximum atomic E-state index is 13.5. The highest BCUT2D eigenvalue weighted by Gasteiger charge is 2.23. The first-order chi connectivity index (χ1) is 9.61. The van der Waals surface area contributed by atoms with Crippen molar-refractivity contribution in [3.05, 3.63) is 33.1 Å². The van der Waals surface area contributed by atoms with Crippen molar-refractivity contribution in [2.75, 3.05) is 26.7 Å². The van der Waals surface area contributed by atoms with Gasteiger partial charge in [0.2, 0.25) is 0 Å². The number of hydrogen-bond acceptors (Lipinski definition) is 2. The van der Waals surface area contributed by atoms with Crippen molar-refractivity contribution in [3.63, 3.8) is 0 Å². The van der Waals surface area contributed by atoms with E-state index in [-0.39, 0.29) is 11.7 Å². The number of carbonyl (C=O) groups excluding carboxylic acids is 1. The number of hydrogen-bond donors (Lipinski definition) is 1. The summed E-state index contributed by atoms with van der Waals surface area (Å²) in [5.41, 5.74) is 0.455. The van der Waals surface area contributed by atoms with Gasteiger partial charge in [0.15, 0.2) is 0 Å². The minimum atomic E-state index is -0.319. The van der Waals surface area contributed by atoms with E-state index in [2.05, 4.69) is 5.32 Å². The van der Waals surface area contributed by atoms with Crippen molar-refractivity contribution in [2.45, 2.75) is 19.3 Å². The molecule has 1 saturated heterocycles. The molecule has 5 heteroatoms. The third-order valence-corrected chi connectivity index (χ3v) is 4.75. The molecule has 1 aliphatic heterocycles. The average Bonchev–Trinajstić information content (AvgIpc) is 2.48. The predicted octanol–water partition coefficient (Wildman–Crippen LogP) is 2.89. The Kier molecular flexibility index (Phi) is 5.77. The van der Waals surface area contributed by atoms with Gasteiger partial charge in [0.25, 0.3) is 5.91 Å². The average molecular weight is 390 g/mol. The molecule has 0 aromatic heterocycles. The largest absolute Gasteiger partial charge is 0.339 e. The summed E-state index contributed by atoms with van der Waals surface area (Å²) in [5, 5.41) is 3.16. The van der Waals surface area contributed by atoms with Gasteiger partial charge >= 0.3 is 0 Å². The van der Waals surface area contributed by atoms with Crippen LogP contribution in [0.1, 0.15) is 29.6 Å². The number of benzene rings is 1. The molecule has 0 bridgehead atoms. The number of halogens is 2. The summed E-state index contributed by atoms with van der Waals surface area (Å²) in [7, 11) is 1.96. The van der Waals surface area contributed by atoms with E-state index in [0.717, 1.165) is 38.9 Å². The van der Waals surface area contributed by atoms with Crippen LogP contribution in [0.15, 0.2) is 18.2 Å². The molecule has 2 rings (SSSR count). The van der Waals surface area contributed by atoms with Crippen LogP contribution < -0.4 is 5.32 Å². The normalized spacial score (nSPS) is 16.4. The Morgan fingerprint density at radius 2 is 2.15 bits per heavy atom. The molecule has 0 unspecified atom stereocenters. The molecular formula is C15H20FIN2O. The highest BCUT2D eigenvalue weighted by molar-refractivity contribution is 14.1. The number of carbonyl (C=O) groups is 1. The lowest BCUT2D eigenvalue weighted by atomic mass is 9.93. The number of piperidine rings is 1. The summed E-state index contributed by atoms with van der Waals surface area (Å²) in [5.74, 6) is 0.327. The molecule has 0 radical (unpaired) electrons. The van der Waals surface area contributed by atoms with E-state index in [4.69, 9.17) is 0 Å². The summed E-state index contributed by atoms with van der Waals surface area (Å²) >= 11 is 1.93. The van der Waals surface area contributed by atoms with Crippen molar-refractivity contribution in [1.29, 1.82) is 0 Å². The van der Waals surface area contributed by atoms with Crippen LogP contribution >= 0.6 is 22.6 Å². The zero-order valence-corrected chi connectivity index (χ0v) is 13.8. The van der Waals surface area contributed by atoms with Gasteiger partial charge in [0.05, 0.1) is 0 Å². The fourth-order valence-electron chi connectivity index (χ4n) is 2.58. The molecule has 1 aromatic rings. The summed E-state index contributed by atoms with van der Waals surface area (Å²) in [4.78, 5) is 14.2. The Hall–Kier alpha value is -0.690. The van der Waals surface area contributed by atoms with Crippen LogP contribution in [0.3, 0.4) is 0 Å². The maximum Gasteiger partial charge on any atom is 0.253 e. The predicted molar refractivity (Wildman–Crippen MR) is 86.3 cm³/mol. The van der Waals surface area contributed by atoms with Crippen molar-refractivity contribution in [1.82, 2.24) is 10.2 Å². The van der Waals surface area contributed by atoms with Crippen molar-refractivity contribution in [2.24, 2.45) is 5.92 Å². The third kappa shape index (κ3) is 3.91. The second-order valence-corrected chi connectivity index (χ2v) is 6.42. The standard InChI is InChI=1S/C15H20FIN2O/c1-18-7-4-11-5-8-19(9-6-11)15(20)12-2-3-14(17)13(16)10-12/h2-3,10-11,18H,4-9H2,1H3. The second kappa shape index (κ2) is 7.36. The monoisotopic (exact) mass is 390 g/mol. The topological polar surface area (TPSA) is 32.3 Å². The Morgan fingerprint density at radius 1 is 1.45 bits per heavy atom. The first-order valence-corrected chi connectivity index (χ1v) is 8.08. The van der Waals surface area contributed by atoms with E-state index in [0.29, 0.717) is 15.1 Å². The summed E-state index contributed by atoms with van der Waals surface area (Å²) in [6.07, 6.45) is 3.25. The number of rotatable bonds is 4. The Labute approximate surface area is 133 Å². The van der Waals surface area contributed by atoms with E-state index in [1.807, 2.05) is 34.5 Å². The molecule has 1 fully saturated rings. The van der Waals surface area contributed by atoms with Crippen molar-refractivity contribution >= 4 is 28.5 Å². The molecule has 110 valence electrons. The highest BCUT2D eigenvalue weighted by atomic mass is 127. The van der Waals surface area contributed by atoms with Crippen molar-refractivity contribution < 1.29 is 9.18 Å². The summed E-state index contributed by atoms with van der Waals surface area (Å²) in [6, 6.07) is 4.71. The van der Waals surface area contributed by atoms with Crippen molar-refractivity contribution in [3.8, 4) is 0 Å². The van der Waals surface area contributed by atoms with E-state index >= 15 is 0 Å². The molecule has 1 N–H and O–H groups in total. The van der Waals surface area contributed by atoms with Gasteiger partial charge in [0.1, 0.15) is 5.82 Å². The molecular weight excluding hydrogens is 370 g/mol. The zero-order valence-electron chi connectivity index (χ0n) is 11.7. The fraction of sp³-hybridized carbons (Fsp3) is 0.533. The van der Waals surface area contributed by atoms with Gasteiger partial charge in [-0.3, -0.25) is 4.79 Å². The van der Waals surface area contributed by atoms with Gasteiger partial charge in [-0.25, -0.2) is 4.39 Å². The first kappa shape index (κ1) is 15.7.